The second-order valence-electron chi connectivity index (χ2n) is 6.00. The van der Waals surface area contributed by atoms with Gasteiger partial charge in [-0.1, -0.05) is 60.6 Å². The summed E-state index contributed by atoms with van der Waals surface area (Å²) in [4.78, 5) is 0. The molecule has 0 unspecified atom stereocenters. The summed E-state index contributed by atoms with van der Waals surface area (Å²) in [5.74, 6) is 0.667. The lowest BCUT2D eigenvalue weighted by Crippen LogP contribution is -2.20. The van der Waals surface area contributed by atoms with Gasteiger partial charge in [-0.25, -0.2) is 0 Å². The molecule has 1 aromatic heterocycles. The molecule has 2 aromatic carbocycles. The van der Waals surface area contributed by atoms with Crippen molar-refractivity contribution >= 4 is 11.6 Å². The molecule has 1 aliphatic heterocycles. The number of rotatable bonds is 3. The highest BCUT2D eigenvalue weighted by Crippen LogP contribution is 2.32. The lowest BCUT2D eigenvalue weighted by molar-refractivity contribution is 0.583. The van der Waals surface area contributed by atoms with Crippen LogP contribution in [0.5, 0.6) is 0 Å². The van der Waals surface area contributed by atoms with E-state index in [4.69, 9.17) is 0 Å². The van der Waals surface area contributed by atoms with E-state index in [1.807, 2.05) is 4.68 Å². The zero-order valence-corrected chi connectivity index (χ0v) is 13.8. The summed E-state index contributed by atoms with van der Waals surface area (Å²) in [7, 11) is 0. The van der Waals surface area contributed by atoms with Gasteiger partial charge in [0, 0.05) is 5.70 Å². The molecule has 0 fully saturated rings. The van der Waals surface area contributed by atoms with Gasteiger partial charge in [0.25, 0.3) is 0 Å². The lowest BCUT2D eigenvalue weighted by Gasteiger charge is -2.24. The summed E-state index contributed by atoms with van der Waals surface area (Å²) in [6.45, 7) is 4.28. The normalized spacial score (nSPS) is 16.2. The fourth-order valence-electron chi connectivity index (χ4n) is 3.08. The minimum atomic E-state index is -0.0155. The SMILES string of the molecule is CCc1ccc(C2=C[C@H](c3ccccc3C)n3nnnc3N2)cc1. The maximum atomic E-state index is 4.16. The van der Waals surface area contributed by atoms with Crippen LogP contribution in [0.1, 0.15) is 35.2 Å². The highest BCUT2D eigenvalue weighted by Gasteiger charge is 2.25. The lowest BCUT2D eigenvalue weighted by atomic mass is 9.97. The smallest absolute Gasteiger partial charge is 0.248 e. The maximum Gasteiger partial charge on any atom is 0.248 e. The molecule has 0 radical (unpaired) electrons. The van der Waals surface area contributed by atoms with Crippen LogP contribution < -0.4 is 5.32 Å². The first-order valence-corrected chi connectivity index (χ1v) is 8.18. The monoisotopic (exact) mass is 317 g/mol. The van der Waals surface area contributed by atoms with Gasteiger partial charge >= 0.3 is 0 Å². The average Bonchev–Trinajstić information content (AvgIpc) is 3.10. The Kier molecular flexibility index (Phi) is 3.61. The number of allylic oxidation sites excluding steroid dienone is 1. The molecule has 3 aromatic rings. The quantitative estimate of drug-likeness (QED) is 0.802. The number of aromatic nitrogens is 4. The van der Waals surface area contributed by atoms with E-state index in [-0.39, 0.29) is 6.04 Å². The van der Waals surface area contributed by atoms with Crippen LogP contribution >= 0.6 is 0 Å². The number of nitrogens with one attached hydrogen (secondary N) is 1. The van der Waals surface area contributed by atoms with E-state index >= 15 is 0 Å². The summed E-state index contributed by atoms with van der Waals surface area (Å²) < 4.78 is 1.83. The summed E-state index contributed by atoms with van der Waals surface area (Å²) >= 11 is 0. The van der Waals surface area contributed by atoms with E-state index in [1.165, 1.54) is 16.7 Å². The number of tetrazole rings is 1. The standard InChI is InChI=1S/C19H19N5/c1-3-14-8-10-15(11-9-14)17-12-18(16-7-5-4-6-13(16)2)24-19(20-17)21-22-23-24/h4-12,18H,3H2,1-2H3,(H,20,21,23)/t18-/m1/s1. The predicted molar refractivity (Wildman–Crippen MR) is 94.6 cm³/mol. The van der Waals surface area contributed by atoms with Crippen LogP contribution in [0.25, 0.3) is 5.70 Å². The highest BCUT2D eigenvalue weighted by molar-refractivity contribution is 5.77. The summed E-state index contributed by atoms with van der Waals surface area (Å²) in [6.07, 6.45) is 3.23. The van der Waals surface area contributed by atoms with Gasteiger partial charge in [0.15, 0.2) is 0 Å². The van der Waals surface area contributed by atoms with Gasteiger partial charge in [0.1, 0.15) is 6.04 Å². The van der Waals surface area contributed by atoms with Crippen molar-refractivity contribution in [1.29, 1.82) is 0 Å². The van der Waals surface area contributed by atoms with Crippen molar-refractivity contribution in [2.75, 3.05) is 5.32 Å². The third-order valence-corrected chi connectivity index (χ3v) is 4.51. The second-order valence-corrected chi connectivity index (χ2v) is 6.00. The third-order valence-electron chi connectivity index (χ3n) is 4.51. The van der Waals surface area contributed by atoms with Crippen LogP contribution in [0, 0.1) is 6.92 Å². The predicted octanol–water partition coefficient (Wildman–Crippen LogP) is 3.60. The molecule has 2 heterocycles. The van der Waals surface area contributed by atoms with Crippen LogP contribution in [0.3, 0.4) is 0 Å². The Morgan fingerprint density at radius 3 is 2.62 bits per heavy atom. The molecule has 1 atom stereocenters. The number of nitrogens with zero attached hydrogens (tertiary/aromatic N) is 4. The van der Waals surface area contributed by atoms with Gasteiger partial charge < -0.3 is 5.32 Å². The van der Waals surface area contributed by atoms with Crippen LogP contribution in [0.15, 0.2) is 54.6 Å². The molecule has 0 bridgehead atoms. The first kappa shape index (κ1) is 14.6. The van der Waals surface area contributed by atoms with Crippen molar-refractivity contribution in [3.63, 3.8) is 0 Å². The van der Waals surface area contributed by atoms with Gasteiger partial charge in [0.2, 0.25) is 5.95 Å². The molecule has 5 heteroatoms. The molecule has 0 spiro atoms. The Labute approximate surface area is 141 Å². The number of aryl methyl sites for hydroxylation is 2. The van der Waals surface area contributed by atoms with Gasteiger partial charge in [-0.15, -0.1) is 0 Å². The van der Waals surface area contributed by atoms with Crippen molar-refractivity contribution in [1.82, 2.24) is 20.2 Å². The van der Waals surface area contributed by atoms with E-state index in [2.05, 4.69) is 89.3 Å². The fourth-order valence-corrected chi connectivity index (χ4v) is 3.08. The topological polar surface area (TPSA) is 55.6 Å². The van der Waals surface area contributed by atoms with Crippen molar-refractivity contribution in [3.05, 3.63) is 76.9 Å². The molecule has 1 aliphatic rings. The van der Waals surface area contributed by atoms with Gasteiger partial charge in [-0.3, -0.25) is 0 Å². The molecule has 4 rings (SSSR count). The van der Waals surface area contributed by atoms with Crippen molar-refractivity contribution < 1.29 is 0 Å². The minimum Gasteiger partial charge on any atom is -0.323 e. The first-order chi connectivity index (χ1) is 11.8. The van der Waals surface area contributed by atoms with Crippen LogP contribution in [-0.2, 0) is 6.42 Å². The summed E-state index contributed by atoms with van der Waals surface area (Å²) in [5.41, 5.74) is 5.93. The maximum absolute atomic E-state index is 4.16. The van der Waals surface area contributed by atoms with Crippen LogP contribution in [0.2, 0.25) is 0 Å². The zero-order valence-electron chi connectivity index (χ0n) is 13.8. The van der Waals surface area contributed by atoms with E-state index in [9.17, 15) is 0 Å². The molecule has 24 heavy (non-hydrogen) atoms. The Balaban J connectivity index is 1.80. The number of hydrogen-bond acceptors (Lipinski definition) is 4. The Bertz CT molecular complexity index is 892. The molecule has 0 saturated heterocycles. The van der Waals surface area contributed by atoms with E-state index < -0.39 is 0 Å². The van der Waals surface area contributed by atoms with E-state index in [1.54, 1.807) is 0 Å². The average molecular weight is 317 g/mol. The number of anilines is 1. The second kappa shape index (κ2) is 5.92. The van der Waals surface area contributed by atoms with Gasteiger partial charge in [0.05, 0.1) is 0 Å². The van der Waals surface area contributed by atoms with Crippen LogP contribution in [0.4, 0.5) is 5.95 Å². The number of fused-ring (bicyclic) bond motifs is 1. The van der Waals surface area contributed by atoms with Gasteiger partial charge in [-0.05, 0) is 52.1 Å². The van der Waals surface area contributed by atoms with Crippen molar-refractivity contribution in [3.8, 4) is 0 Å². The van der Waals surface area contributed by atoms with Gasteiger partial charge in [-0.2, -0.15) is 4.68 Å². The minimum absolute atomic E-state index is 0.0155. The van der Waals surface area contributed by atoms with E-state index in [0.29, 0.717) is 5.95 Å². The Morgan fingerprint density at radius 2 is 1.88 bits per heavy atom. The van der Waals surface area contributed by atoms with Crippen molar-refractivity contribution in [2.24, 2.45) is 0 Å². The van der Waals surface area contributed by atoms with Crippen molar-refractivity contribution in [2.45, 2.75) is 26.3 Å². The van der Waals surface area contributed by atoms with E-state index in [0.717, 1.165) is 17.7 Å². The molecule has 0 amide bonds. The number of benzene rings is 2. The zero-order chi connectivity index (χ0) is 16.5. The molecule has 1 N–H and O–H groups in total. The third kappa shape index (κ3) is 2.48. The molecule has 0 aliphatic carbocycles. The Morgan fingerprint density at radius 1 is 1.08 bits per heavy atom. The Hall–Kier alpha value is -2.95. The fraction of sp³-hybridized carbons (Fsp3) is 0.211. The molecular weight excluding hydrogens is 298 g/mol. The highest BCUT2D eigenvalue weighted by atomic mass is 15.6. The summed E-state index contributed by atoms with van der Waals surface area (Å²) in [6, 6.07) is 17.0. The summed E-state index contributed by atoms with van der Waals surface area (Å²) in [5, 5.41) is 15.5. The molecule has 120 valence electrons. The first-order valence-electron chi connectivity index (χ1n) is 8.18. The molecule has 5 nitrogen and oxygen atoms in total. The van der Waals surface area contributed by atoms with Crippen LogP contribution in [-0.4, -0.2) is 20.2 Å². The molecule has 0 saturated carbocycles. The number of hydrogen-bond donors (Lipinski definition) is 1. The molecular formula is C19H19N5. The largest absolute Gasteiger partial charge is 0.323 e.